The van der Waals surface area contributed by atoms with Gasteiger partial charge in [0.15, 0.2) is 0 Å². The summed E-state index contributed by atoms with van der Waals surface area (Å²) in [6, 6.07) is -0.874. The monoisotopic (exact) mass is 284 g/mol. The van der Waals surface area contributed by atoms with Crippen LogP contribution in [-0.2, 0) is 9.53 Å². The quantitative estimate of drug-likeness (QED) is 0.851. The maximum atomic E-state index is 12.2. The molecule has 0 aromatic rings. The van der Waals surface area contributed by atoms with Crippen molar-refractivity contribution in [3.05, 3.63) is 0 Å². The zero-order valence-electron chi connectivity index (χ0n) is 12.5. The second-order valence-electron chi connectivity index (χ2n) is 6.56. The second kappa shape index (κ2) is 5.60. The SMILES string of the molecule is CC(C)(C)OC(=O)N1CCCC1C(C(=O)O)N1CCC1. The first-order valence-electron chi connectivity index (χ1n) is 7.26. The molecule has 114 valence electrons. The molecule has 0 spiro atoms. The van der Waals surface area contributed by atoms with Crippen LogP contribution in [0.2, 0.25) is 0 Å². The summed E-state index contributed by atoms with van der Waals surface area (Å²) in [6.45, 7) is 7.64. The number of aliphatic carboxylic acids is 1. The first-order valence-corrected chi connectivity index (χ1v) is 7.26. The average molecular weight is 284 g/mol. The lowest BCUT2D eigenvalue weighted by molar-refractivity contribution is -0.147. The van der Waals surface area contributed by atoms with E-state index >= 15 is 0 Å². The number of rotatable bonds is 3. The number of carbonyl (C=O) groups is 2. The third-order valence-electron chi connectivity index (χ3n) is 3.83. The number of hydrogen-bond donors (Lipinski definition) is 1. The number of nitrogens with zero attached hydrogens (tertiary/aromatic N) is 2. The second-order valence-corrected chi connectivity index (χ2v) is 6.56. The Balaban J connectivity index is 2.08. The van der Waals surface area contributed by atoms with Crippen molar-refractivity contribution < 1.29 is 19.4 Å². The molecule has 2 aliphatic heterocycles. The lowest BCUT2D eigenvalue weighted by atomic mass is 10.0. The standard InChI is InChI=1S/C14H24N2O4/c1-14(2,3)20-13(19)16-9-4-6-10(16)11(12(17)18)15-7-5-8-15/h10-11H,4-9H2,1-3H3,(H,17,18). The number of likely N-dealkylation sites (tertiary alicyclic amines) is 2. The van der Waals surface area contributed by atoms with E-state index in [0.717, 1.165) is 32.4 Å². The number of carboxylic acid groups (broad SMARTS) is 1. The van der Waals surface area contributed by atoms with Gasteiger partial charge < -0.3 is 14.7 Å². The Morgan fingerprint density at radius 1 is 1.20 bits per heavy atom. The van der Waals surface area contributed by atoms with E-state index < -0.39 is 23.7 Å². The molecule has 0 saturated carbocycles. The fraction of sp³-hybridized carbons (Fsp3) is 0.857. The highest BCUT2D eigenvalue weighted by Gasteiger charge is 2.44. The number of amides is 1. The van der Waals surface area contributed by atoms with E-state index in [1.807, 2.05) is 25.7 Å². The van der Waals surface area contributed by atoms with Crippen molar-refractivity contribution in [2.75, 3.05) is 19.6 Å². The summed E-state index contributed by atoms with van der Waals surface area (Å²) in [7, 11) is 0. The molecule has 0 bridgehead atoms. The molecule has 2 saturated heterocycles. The van der Waals surface area contributed by atoms with Crippen LogP contribution >= 0.6 is 0 Å². The Bertz CT molecular complexity index is 387. The molecule has 0 aromatic carbocycles. The molecule has 0 aromatic heterocycles. The Hall–Kier alpha value is -1.30. The maximum Gasteiger partial charge on any atom is 0.410 e. The summed E-state index contributed by atoms with van der Waals surface area (Å²) in [5.41, 5.74) is -0.556. The summed E-state index contributed by atoms with van der Waals surface area (Å²) >= 11 is 0. The van der Waals surface area contributed by atoms with Gasteiger partial charge in [0.25, 0.3) is 0 Å². The zero-order valence-corrected chi connectivity index (χ0v) is 12.5. The molecule has 0 aliphatic carbocycles. The zero-order chi connectivity index (χ0) is 14.9. The minimum atomic E-state index is -0.842. The molecule has 1 amide bonds. The molecular formula is C14H24N2O4. The molecule has 0 radical (unpaired) electrons. The molecule has 2 atom stereocenters. The van der Waals surface area contributed by atoms with Gasteiger partial charge in [0.05, 0.1) is 6.04 Å². The van der Waals surface area contributed by atoms with Crippen LogP contribution in [-0.4, -0.2) is 64.3 Å². The van der Waals surface area contributed by atoms with Gasteiger partial charge in [0.1, 0.15) is 11.6 Å². The molecule has 1 N–H and O–H groups in total. The smallest absolute Gasteiger partial charge is 0.410 e. The van der Waals surface area contributed by atoms with E-state index in [0.29, 0.717) is 6.54 Å². The van der Waals surface area contributed by atoms with Crippen molar-refractivity contribution >= 4 is 12.1 Å². The van der Waals surface area contributed by atoms with Gasteiger partial charge in [-0.15, -0.1) is 0 Å². The van der Waals surface area contributed by atoms with E-state index in [-0.39, 0.29) is 6.04 Å². The van der Waals surface area contributed by atoms with E-state index in [4.69, 9.17) is 4.74 Å². The van der Waals surface area contributed by atoms with Crippen LogP contribution in [0.3, 0.4) is 0 Å². The van der Waals surface area contributed by atoms with Crippen molar-refractivity contribution in [3.8, 4) is 0 Å². The number of carboxylic acids is 1. The largest absolute Gasteiger partial charge is 0.480 e. The molecule has 6 nitrogen and oxygen atoms in total. The fourth-order valence-electron chi connectivity index (χ4n) is 2.85. The van der Waals surface area contributed by atoms with Crippen LogP contribution in [0.15, 0.2) is 0 Å². The Morgan fingerprint density at radius 3 is 2.30 bits per heavy atom. The lowest BCUT2D eigenvalue weighted by Gasteiger charge is -2.41. The fourth-order valence-corrected chi connectivity index (χ4v) is 2.85. The molecule has 20 heavy (non-hydrogen) atoms. The third kappa shape index (κ3) is 3.23. The topological polar surface area (TPSA) is 70.1 Å². The summed E-state index contributed by atoms with van der Waals surface area (Å²) in [6.07, 6.45) is 2.20. The van der Waals surface area contributed by atoms with Crippen LogP contribution in [0.4, 0.5) is 4.79 Å². The van der Waals surface area contributed by atoms with Crippen LogP contribution in [0, 0.1) is 0 Å². The number of ether oxygens (including phenoxy) is 1. The van der Waals surface area contributed by atoms with Gasteiger partial charge in [-0.1, -0.05) is 0 Å². The molecule has 2 aliphatic rings. The van der Waals surface area contributed by atoms with Crippen LogP contribution < -0.4 is 0 Å². The van der Waals surface area contributed by atoms with Crippen molar-refractivity contribution in [2.45, 2.75) is 57.7 Å². The summed E-state index contributed by atoms with van der Waals surface area (Å²) < 4.78 is 5.39. The van der Waals surface area contributed by atoms with Crippen molar-refractivity contribution in [1.29, 1.82) is 0 Å². The van der Waals surface area contributed by atoms with Crippen LogP contribution in [0.1, 0.15) is 40.0 Å². The highest BCUT2D eigenvalue weighted by Crippen LogP contribution is 2.27. The predicted octanol–water partition coefficient (Wildman–Crippen LogP) is 1.54. The van der Waals surface area contributed by atoms with Crippen molar-refractivity contribution in [1.82, 2.24) is 9.80 Å². The minimum absolute atomic E-state index is 0.275. The number of carbonyl (C=O) groups excluding carboxylic acids is 1. The van der Waals surface area contributed by atoms with Crippen LogP contribution in [0.25, 0.3) is 0 Å². The van der Waals surface area contributed by atoms with Gasteiger partial charge in [0, 0.05) is 19.6 Å². The van der Waals surface area contributed by atoms with Gasteiger partial charge in [-0.25, -0.2) is 4.79 Å². The van der Waals surface area contributed by atoms with Crippen LogP contribution in [0.5, 0.6) is 0 Å². The predicted molar refractivity (Wildman–Crippen MR) is 73.6 cm³/mol. The summed E-state index contributed by atoms with van der Waals surface area (Å²) in [5, 5.41) is 9.48. The van der Waals surface area contributed by atoms with Gasteiger partial charge in [-0.05, 0) is 40.0 Å². The molecule has 2 unspecified atom stereocenters. The van der Waals surface area contributed by atoms with Crippen molar-refractivity contribution in [2.24, 2.45) is 0 Å². The highest BCUT2D eigenvalue weighted by atomic mass is 16.6. The van der Waals surface area contributed by atoms with Gasteiger partial charge >= 0.3 is 12.1 Å². The summed E-state index contributed by atoms with van der Waals surface area (Å²) in [5.74, 6) is -0.842. The van der Waals surface area contributed by atoms with E-state index in [2.05, 4.69) is 0 Å². The third-order valence-corrected chi connectivity index (χ3v) is 3.83. The van der Waals surface area contributed by atoms with Crippen molar-refractivity contribution in [3.63, 3.8) is 0 Å². The van der Waals surface area contributed by atoms with E-state index in [1.165, 1.54) is 0 Å². The molecule has 6 heteroatoms. The Labute approximate surface area is 119 Å². The maximum absolute atomic E-state index is 12.2. The Kier molecular flexibility index (Phi) is 4.22. The first kappa shape index (κ1) is 15.1. The number of hydrogen-bond acceptors (Lipinski definition) is 4. The van der Waals surface area contributed by atoms with Gasteiger partial charge in [0.2, 0.25) is 0 Å². The highest BCUT2D eigenvalue weighted by molar-refractivity contribution is 5.77. The first-order chi connectivity index (χ1) is 9.29. The van der Waals surface area contributed by atoms with Gasteiger partial charge in [-0.3, -0.25) is 9.69 Å². The van der Waals surface area contributed by atoms with Gasteiger partial charge in [-0.2, -0.15) is 0 Å². The Morgan fingerprint density at radius 2 is 1.85 bits per heavy atom. The molecule has 2 fully saturated rings. The van der Waals surface area contributed by atoms with E-state index in [9.17, 15) is 14.7 Å². The molecule has 2 heterocycles. The van der Waals surface area contributed by atoms with E-state index in [1.54, 1.807) is 4.90 Å². The molecular weight excluding hydrogens is 260 g/mol. The summed E-state index contributed by atoms with van der Waals surface area (Å²) in [4.78, 5) is 27.3. The average Bonchev–Trinajstić information content (AvgIpc) is 2.68. The lowest BCUT2D eigenvalue weighted by Crippen LogP contribution is -2.59. The normalized spacial score (nSPS) is 25.1. The molecule has 2 rings (SSSR count). The minimum Gasteiger partial charge on any atom is -0.480 e.